The molecule has 1 amide bonds. The second kappa shape index (κ2) is 7.39. The fourth-order valence-corrected chi connectivity index (χ4v) is 1.63. The molecule has 2 aromatic heterocycles. The lowest BCUT2D eigenvalue weighted by Crippen LogP contribution is -2.31. The van der Waals surface area contributed by atoms with E-state index in [2.05, 4.69) is 20.6 Å². The Morgan fingerprint density at radius 1 is 1.38 bits per heavy atom. The first-order chi connectivity index (χ1) is 10.1. The maximum Gasteiger partial charge on any atom is 0.270 e. The van der Waals surface area contributed by atoms with Gasteiger partial charge in [0.05, 0.1) is 12.8 Å². The molecule has 2 aromatic rings. The number of hydrogen-bond donors (Lipinski definition) is 2. The number of nitrogens with one attached hydrogen (secondary N) is 2. The smallest absolute Gasteiger partial charge is 0.270 e. The molecule has 112 valence electrons. The minimum atomic E-state index is -0.208. The number of likely N-dealkylation sites (N-methyl/N-ethyl adjacent to an activating group) is 1. The van der Waals surface area contributed by atoms with Gasteiger partial charge in [0, 0.05) is 19.3 Å². The first-order valence-corrected chi connectivity index (χ1v) is 6.67. The number of carbonyl (C=O) groups is 1. The third-order valence-corrected chi connectivity index (χ3v) is 2.73. The van der Waals surface area contributed by atoms with Gasteiger partial charge in [-0.15, -0.1) is 0 Å². The summed E-state index contributed by atoms with van der Waals surface area (Å²) in [6, 6.07) is 5.25. The number of carbonyl (C=O) groups excluding carboxylic acids is 1. The van der Waals surface area contributed by atoms with Crippen molar-refractivity contribution in [2.75, 3.05) is 32.5 Å². The first-order valence-electron chi connectivity index (χ1n) is 6.67. The van der Waals surface area contributed by atoms with Crippen molar-refractivity contribution in [3.05, 3.63) is 42.1 Å². The predicted molar refractivity (Wildman–Crippen MR) is 79.0 cm³/mol. The van der Waals surface area contributed by atoms with Gasteiger partial charge in [-0.2, -0.15) is 0 Å². The van der Waals surface area contributed by atoms with E-state index in [1.165, 1.54) is 0 Å². The maximum atomic E-state index is 11.9. The van der Waals surface area contributed by atoms with Crippen molar-refractivity contribution in [3.8, 4) is 0 Å². The molecule has 0 saturated carbocycles. The highest BCUT2D eigenvalue weighted by Gasteiger charge is 2.08. The summed E-state index contributed by atoms with van der Waals surface area (Å²) < 4.78 is 5.21. The van der Waals surface area contributed by atoms with Crippen LogP contribution in [0.25, 0.3) is 0 Å². The van der Waals surface area contributed by atoms with Crippen LogP contribution in [0.15, 0.2) is 35.1 Å². The normalized spacial score (nSPS) is 10.6. The summed E-state index contributed by atoms with van der Waals surface area (Å²) in [4.78, 5) is 22.2. The average molecular weight is 289 g/mol. The van der Waals surface area contributed by atoms with E-state index in [0.717, 1.165) is 12.3 Å². The molecular formula is C14H19N5O2. The zero-order chi connectivity index (χ0) is 15.1. The Morgan fingerprint density at radius 2 is 2.24 bits per heavy atom. The fourth-order valence-electron chi connectivity index (χ4n) is 1.63. The molecule has 2 N–H and O–H groups in total. The molecule has 21 heavy (non-hydrogen) atoms. The first kappa shape index (κ1) is 15.0. The van der Waals surface area contributed by atoms with Crippen molar-refractivity contribution in [1.82, 2.24) is 20.2 Å². The minimum absolute atomic E-state index is 0.208. The van der Waals surface area contributed by atoms with E-state index in [0.29, 0.717) is 24.7 Å². The van der Waals surface area contributed by atoms with Crippen molar-refractivity contribution >= 4 is 11.9 Å². The minimum Gasteiger partial charge on any atom is -0.467 e. The molecule has 7 heteroatoms. The second-order valence-electron chi connectivity index (χ2n) is 4.76. The molecule has 0 atom stereocenters. The van der Waals surface area contributed by atoms with Crippen molar-refractivity contribution in [2.45, 2.75) is 6.54 Å². The Kier molecular flexibility index (Phi) is 5.28. The highest BCUT2D eigenvalue weighted by molar-refractivity contribution is 5.92. The quantitative estimate of drug-likeness (QED) is 0.790. The second-order valence-corrected chi connectivity index (χ2v) is 4.76. The third kappa shape index (κ3) is 4.88. The van der Waals surface area contributed by atoms with Crippen LogP contribution in [0.3, 0.4) is 0 Å². The van der Waals surface area contributed by atoms with E-state index in [1.54, 1.807) is 18.5 Å². The Hall–Kier alpha value is -2.41. The van der Waals surface area contributed by atoms with Crippen molar-refractivity contribution in [2.24, 2.45) is 0 Å². The van der Waals surface area contributed by atoms with E-state index in [4.69, 9.17) is 4.42 Å². The molecule has 0 aliphatic rings. The Morgan fingerprint density at radius 3 is 2.95 bits per heavy atom. The molecule has 7 nitrogen and oxygen atoms in total. The summed E-state index contributed by atoms with van der Waals surface area (Å²) in [6.45, 7) is 1.82. The van der Waals surface area contributed by atoms with Gasteiger partial charge in [0.25, 0.3) is 5.91 Å². The molecule has 2 heterocycles. The van der Waals surface area contributed by atoms with E-state index in [1.807, 2.05) is 31.1 Å². The van der Waals surface area contributed by atoms with Crippen LogP contribution in [0.5, 0.6) is 0 Å². The third-order valence-electron chi connectivity index (χ3n) is 2.73. The molecule has 0 aliphatic heterocycles. The Balaban J connectivity index is 1.89. The molecule has 0 aromatic carbocycles. The van der Waals surface area contributed by atoms with Gasteiger partial charge in [-0.05, 0) is 32.3 Å². The van der Waals surface area contributed by atoms with Crippen LogP contribution in [0.4, 0.5) is 5.95 Å². The van der Waals surface area contributed by atoms with Crippen LogP contribution < -0.4 is 10.6 Å². The van der Waals surface area contributed by atoms with Gasteiger partial charge in [0.1, 0.15) is 11.5 Å². The van der Waals surface area contributed by atoms with Gasteiger partial charge in [-0.3, -0.25) is 4.79 Å². The average Bonchev–Trinajstić information content (AvgIpc) is 2.98. The standard InChI is InChI=1S/C14H19N5O2/c1-19(2)8-7-15-13(20)12-5-6-16-14(18-12)17-10-11-4-3-9-21-11/h3-6,9H,7-8,10H2,1-2H3,(H,15,20)(H,16,17,18). The topological polar surface area (TPSA) is 83.3 Å². The number of anilines is 1. The molecule has 0 saturated heterocycles. The number of furan rings is 1. The van der Waals surface area contributed by atoms with Gasteiger partial charge >= 0.3 is 0 Å². The summed E-state index contributed by atoms with van der Waals surface area (Å²) >= 11 is 0. The number of amides is 1. The molecule has 0 fully saturated rings. The van der Waals surface area contributed by atoms with Crippen LogP contribution in [-0.2, 0) is 6.54 Å². The van der Waals surface area contributed by atoms with Gasteiger partial charge in [0.15, 0.2) is 0 Å². The Labute approximate surface area is 123 Å². The zero-order valence-corrected chi connectivity index (χ0v) is 12.2. The highest BCUT2D eigenvalue weighted by Crippen LogP contribution is 2.05. The largest absolute Gasteiger partial charge is 0.467 e. The summed E-state index contributed by atoms with van der Waals surface area (Å²) in [5.74, 6) is 0.964. The summed E-state index contributed by atoms with van der Waals surface area (Å²) in [7, 11) is 3.90. The lowest BCUT2D eigenvalue weighted by molar-refractivity contribution is 0.0946. The SMILES string of the molecule is CN(C)CCNC(=O)c1ccnc(NCc2ccco2)n1. The van der Waals surface area contributed by atoms with Crippen molar-refractivity contribution in [3.63, 3.8) is 0 Å². The van der Waals surface area contributed by atoms with Gasteiger partial charge in [-0.25, -0.2) is 9.97 Å². The van der Waals surface area contributed by atoms with E-state index in [-0.39, 0.29) is 5.91 Å². The van der Waals surface area contributed by atoms with E-state index >= 15 is 0 Å². The van der Waals surface area contributed by atoms with Gasteiger partial charge in [-0.1, -0.05) is 0 Å². The maximum absolute atomic E-state index is 11.9. The van der Waals surface area contributed by atoms with Crippen molar-refractivity contribution < 1.29 is 9.21 Å². The number of nitrogens with zero attached hydrogens (tertiary/aromatic N) is 3. The van der Waals surface area contributed by atoms with Crippen LogP contribution >= 0.6 is 0 Å². The molecule has 2 rings (SSSR count). The lowest BCUT2D eigenvalue weighted by Gasteiger charge is -2.10. The van der Waals surface area contributed by atoms with Crippen LogP contribution in [-0.4, -0.2) is 48.0 Å². The Bertz CT molecular complexity index is 569. The van der Waals surface area contributed by atoms with E-state index < -0.39 is 0 Å². The number of aromatic nitrogens is 2. The van der Waals surface area contributed by atoms with Crippen LogP contribution in [0.1, 0.15) is 16.2 Å². The van der Waals surface area contributed by atoms with Gasteiger partial charge < -0.3 is 20.0 Å². The lowest BCUT2D eigenvalue weighted by atomic mass is 10.3. The van der Waals surface area contributed by atoms with Crippen LogP contribution in [0, 0.1) is 0 Å². The highest BCUT2D eigenvalue weighted by atomic mass is 16.3. The van der Waals surface area contributed by atoms with Crippen molar-refractivity contribution in [1.29, 1.82) is 0 Å². The molecular weight excluding hydrogens is 270 g/mol. The summed E-state index contributed by atoms with van der Waals surface area (Å²) in [5, 5.41) is 5.82. The molecule has 0 bridgehead atoms. The number of rotatable bonds is 7. The molecule has 0 spiro atoms. The predicted octanol–water partition coefficient (Wildman–Crippen LogP) is 0.973. The number of hydrogen-bond acceptors (Lipinski definition) is 6. The summed E-state index contributed by atoms with van der Waals surface area (Å²) in [5.41, 5.74) is 0.339. The summed E-state index contributed by atoms with van der Waals surface area (Å²) in [6.07, 6.45) is 3.16. The fraction of sp³-hybridized carbons (Fsp3) is 0.357. The zero-order valence-electron chi connectivity index (χ0n) is 12.2. The van der Waals surface area contributed by atoms with Gasteiger partial charge in [0.2, 0.25) is 5.95 Å². The molecule has 0 aliphatic carbocycles. The monoisotopic (exact) mass is 289 g/mol. The van der Waals surface area contributed by atoms with Crippen LogP contribution in [0.2, 0.25) is 0 Å². The molecule has 0 radical (unpaired) electrons. The molecule has 0 unspecified atom stereocenters. The van der Waals surface area contributed by atoms with E-state index in [9.17, 15) is 4.79 Å².